The molecule has 116 valence electrons. The third kappa shape index (κ3) is 3.67. The highest BCUT2D eigenvalue weighted by Crippen LogP contribution is 2.31. The van der Waals surface area contributed by atoms with Gasteiger partial charge < -0.3 is 9.47 Å². The molecule has 22 heavy (non-hydrogen) atoms. The van der Waals surface area contributed by atoms with E-state index >= 15 is 0 Å². The second kappa shape index (κ2) is 7.64. The average molecular weight is 298 g/mol. The van der Waals surface area contributed by atoms with Gasteiger partial charge in [0, 0.05) is 5.56 Å². The summed E-state index contributed by atoms with van der Waals surface area (Å²) in [5.74, 6) is 0.442. The van der Waals surface area contributed by atoms with Gasteiger partial charge in [-0.05, 0) is 42.7 Å². The second-order valence-corrected chi connectivity index (χ2v) is 5.22. The molecular weight excluding hydrogens is 276 g/mol. The van der Waals surface area contributed by atoms with E-state index in [-0.39, 0.29) is 5.97 Å². The van der Waals surface area contributed by atoms with E-state index in [1.54, 1.807) is 6.07 Å². The van der Waals surface area contributed by atoms with Crippen molar-refractivity contribution in [2.75, 3.05) is 13.7 Å². The molecule has 0 radical (unpaired) electrons. The van der Waals surface area contributed by atoms with E-state index in [1.165, 1.54) is 7.11 Å². The van der Waals surface area contributed by atoms with Crippen LogP contribution in [0.3, 0.4) is 0 Å². The van der Waals surface area contributed by atoms with Crippen LogP contribution < -0.4 is 4.74 Å². The number of rotatable bonds is 6. The maximum absolute atomic E-state index is 12.0. The lowest BCUT2D eigenvalue weighted by Gasteiger charge is -2.13. The van der Waals surface area contributed by atoms with Gasteiger partial charge in [0.2, 0.25) is 0 Å². The first-order valence-corrected chi connectivity index (χ1v) is 7.58. The van der Waals surface area contributed by atoms with Crippen LogP contribution >= 0.6 is 0 Å². The fraction of sp³-hybridized carbons (Fsp3) is 0.316. The number of benzene rings is 2. The Balaban J connectivity index is 2.44. The van der Waals surface area contributed by atoms with E-state index in [9.17, 15) is 4.79 Å². The first kappa shape index (κ1) is 16.1. The Kier molecular flexibility index (Phi) is 5.59. The maximum Gasteiger partial charge on any atom is 0.338 e. The van der Waals surface area contributed by atoms with Crippen molar-refractivity contribution >= 4 is 5.97 Å². The SMILES string of the molecule is CCCCOc1ccc(C(=O)OC)c(-c2ccccc2C)c1. The molecule has 0 aliphatic heterocycles. The van der Waals surface area contributed by atoms with Gasteiger partial charge in [-0.3, -0.25) is 0 Å². The van der Waals surface area contributed by atoms with E-state index in [2.05, 4.69) is 6.92 Å². The quantitative estimate of drug-likeness (QED) is 0.576. The number of carbonyl (C=O) groups is 1. The van der Waals surface area contributed by atoms with Crippen LogP contribution in [0.4, 0.5) is 0 Å². The first-order valence-electron chi connectivity index (χ1n) is 7.58. The van der Waals surface area contributed by atoms with Crippen molar-refractivity contribution in [1.82, 2.24) is 0 Å². The van der Waals surface area contributed by atoms with Gasteiger partial charge >= 0.3 is 5.97 Å². The highest BCUT2D eigenvalue weighted by Gasteiger charge is 2.15. The lowest BCUT2D eigenvalue weighted by atomic mass is 9.96. The van der Waals surface area contributed by atoms with Crippen LogP contribution in [0, 0.1) is 6.92 Å². The van der Waals surface area contributed by atoms with E-state index in [1.807, 2.05) is 43.3 Å². The number of methoxy groups -OCH3 is 1. The molecule has 0 fully saturated rings. The summed E-state index contributed by atoms with van der Waals surface area (Å²) in [4.78, 5) is 12.0. The third-order valence-corrected chi connectivity index (χ3v) is 3.60. The standard InChI is InChI=1S/C19H22O3/c1-4-5-12-22-15-10-11-17(19(20)21-3)18(13-15)16-9-7-6-8-14(16)2/h6-11,13H,4-5,12H2,1-3H3. The fourth-order valence-electron chi connectivity index (χ4n) is 2.33. The Morgan fingerprint density at radius 2 is 1.86 bits per heavy atom. The van der Waals surface area contributed by atoms with Crippen LogP contribution in [-0.2, 0) is 4.74 Å². The molecule has 0 amide bonds. The van der Waals surface area contributed by atoms with Crippen molar-refractivity contribution in [3.05, 3.63) is 53.6 Å². The van der Waals surface area contributed by atoms with Crippen molar-refractivity contribution < 1.29 is 14.3 Å². The Bertz CT molecular complexity index is 647. The predicted molar refractivity (Wildman–Crippen MR) is 88.4 cm³/mol. The molecule has 0 N–H and O–H groups in total. The largest absolute Gasteiger partial charge is 0.494 e. The number of ether oxygens (including phenoxy) is 2. The lowest BCUT2D eigenvalue weighted by molar-refractivity contribution is 0.0601. The van der Waals surface area contributed by atoms with Crippen LogP contribution in [0.15, 0.2) is 42.5 Å². The average Bonchev–Trinajstić information content (AvgIpc) is 2.55. The number of hydrogen-bond acceptors (Lipinski definition) is 3. The normalized spacial score (nSPS) is 10.3. The van der Waals surface area contributed by atoms with E-state index in [4.69, 9.17) is 9.47 Å². The molecule has 0 heterocycles. The lowest BCUT2D eigenvalue weighted by Crippen LogP contribution is -2.05. The molecule has 0 spiro atoms. The number of unbranched alkanes of at least 4 members (excludes halogenated alkanes) is 1. The van der Waals surface area contributed by atoms with Crippen molar-refractivity contribution in [1.29, 1.82) is 0 Å². The Morgan fingerprint density at radius 1 is 1.09 bits per heavy atom. The fourth-order valence-corrected chi connectivity index (χ4v) is 2.33. The van der Waals surface area contributed by atoms with Crippen LogP contribution in [0.1, 0.15) is 35.7 Å². The minimum absolute atomic E-state index is 0.335. The van der Waals surface area contributed by atoms with Gasteiger partial charge in [-0.15, -0.1) is 0 Å². The maximum atomic E-state index is 12.0. The summed E-state index contributed by atoms with van der Waals surface area (Å²) in [6.45, 7) is 4.84. The van der Waals surface area contributed by atoms with Crippen LogP contribution in [0.25, 0.3) is 11.1 Å². The molecule has 2 aromatic carbocycles. The minimum Gasteiger partial charge on any atom is -0.494 e. The summed E-state index contributed by atoms with van der Waals surface area (Å²) in [5.41, 5.74) is 3.53. The highest BCUT2D eigenvalue weighted by atomic mass is 16.5. The Labute approximate surface area is 131 Å². The van der Waals surface area contributed by atoms with Gasteiger partial charge in [0.1, 0.15) is 5.75 Å². The van der Waals surface area contributed by atoms with Gasteiger partial charge in [-0.25, -0.2) is 4.79 Å². The zero-order chi connectivity index (χ0) is 15.9. The minimum atomic E-state index is -0.335. The molecule has 0 aliphatic carbocycles. The van der Waals surface area contributed by atoms with Gasteiger partial charge in [-0.1, -0.05) is 37.6 Å². The molecule has 0 aliphatic rings. The summed E-state index contributed by atoms with van der Waals surface area (Å²) in [6, 6.07) is 13.5. The third-order valence-electron chi connectivity index (χ3n) is 3.60. The smallest absolute Gasteiger partial charge is 0.338 e. The molecule has 0 bridgehead atoms. The van der Waals surface area contributed by atoms with Crippen LogP contribution in [0.2, 0.25) is 0 Å². The number of carbonyl (C=O) groups excluding carboxylic acids is 1. The van der Waals surface area contributed by atoms with Gasteiger partial charge in [0.05, 0.1) is 19.3 Å². The van der Waals surface area contributed by atoms with E-state index < -0.39 is 0 Å². The van der Waals surface area contributed by atoms with Gasteiger partial charge in [-0.2, -0.15) is 0 Å². The zero-order valence-corrected chi connectivity index (χ0v) is 13.4. The molecule has 0 aromatic heterocycles. The second-order valence-electron chi connectivity index (χ2n) is 5.22. The first-order chi connectivity index (χ1) is 10.7. The van der Waals surface area contributed by atoms with Crippen LogP contribution in [-0.4, -0.2) is 19.7 Å². The van der Waals surface area contributed by atoms with Crippen LogP contribution in [0.5, 0.6) is 5.75 Å². The summed E-state index contributed by atoms with van der Waals surface area (Å²) in [6.07, 6.45) is 2.10. The van der Waals surface area contributed by atoms with Crippen molar-refractivity contribution in [2.24, 2.45) is 0 Å². The number of esters is 1. The summed E-state index contributed by atoms with van der Waals surface area (Å²) >= 11 is 0. The molecule has 3 nitrogen and oxygen atoms in total. The Morgan fingerprint density at radius 3 is 2.55 bits per heavy atom. The molecule has 0 atom stereocenters. The van der Waals surface area contributed by atoms with Crippen molar-refractivity contribution in [2.45, 2.75) is 26.7 Å². The molecule has 0 saturated heterocycles. The summed E-state index contributed by atoms with van der Waals surface area (Å²) in [5, 5.41) is 0. The molecular formula is C19H22O3. The topological polar surface area (TPSA) is 35.5 Å². The molecule has 0 saturated carbocycles. The summed E-state index contributed by atoms with van der Waals surface area (Å²) in [7, 11) is 1.40. The Hall–Kier alpha value is -2.29. The highest BCUT2D eigenvalue weighted by molar-refractivity contribution is 5.98. The monoisotopic (exact) mass is 298 g/mol. The predicted octanol–water partition coefficient (Wildman–Crippen LogP) is 4.63. The van der Waals surface area contributed by atoms with Gasteiger partial charge in [0.25, 0.3) is 0 Å². The number of hydrogen-bond donors (Lipinski definition) is 0. The number of aryl methyl sites for hydroxylation is 1. The molecule has 3 heteroatoms. The molecule has 2 rings (SSSR count). The van der Waals surface area contributed by atoms with E-state index in [0.29, 0.717) is 12.2 Å². The molecule has 2 aromatic rings. The molecule has 0 unspecified atom stereocenters. The van der Waals surface area contributed by atoms with Crippen molar-refractivity contribution in [3.8, 4) is 16.9 Å². The van der Waals surface area contributed by atoms with E-state index in [0.717, 1.165) is 35.3 Å². The zero-order valence-electron chi connectivity index (χ0n) is 13.4. The summed E-state index contributed by atoms with van der Waals surface area (Å²) < 4.78 is 10.7. The van der Waals surface area contributed by atoms with Gasteiger partial charge in [0.15, 0.2) is 0 Å². The van der Waals surface area contributed by atoms with Crippen molar-refractivity contribution in [3.63, 3.8) is 0 Å².